The molecule has 4 heteroatoms. The highest BCUT2D eigenvalue weighted by Crippen LogP contribution is 1.82. The summed E-state index contributed by atoms with van der Waals surface area (Å²) in [5, 5.41) is 14.3. The van der Waals surface area contributed by atoms with Gasteiger partial charge in [0.05, 0.1) is 0 Å². The summed E-state index contributed by atoms with van der Waals surface area (Å²) in [5.41, 5.74) is 0. The van der Waals surface area contributed by atoms with Gasteiger partial charge in [-0.2, -0.15) is 0 Å². The molecule has 0 aliphatic carbocycles. The van der Waals surface area contributed by atoms with Crippen LogP contribution in [0.3, 0.4) is 0 Å². The molecule has 4 nitrogen and oxygen atoms in total. The molecule has 0 aliphatic rings. The maximum atomic E-state index is 10.4. The molecule has 0 atom stereocenters. The minimum absolute atomic E-state index is 0.00663. The van der Waals surface area contributed by atoms with Gasteiger partial charge in [-0.15, -0.1) is 0 Å². The molecule has 0 rings (SSSR count). The zero-order valence-corrected chi connectivity index (χ0v) is 7.60. The molecule has 12 heavy (non-hydrogen) atoms. The largest absolute Gasteiger partial charge is 0.396 e. The van der Waals surface area contributed by atoms with Gasteiger partial charge < -0.3 is 15.7 Å². The predicted molar refractivity (Wildman–Crippen MR) is 47.9 cm³/mol. The van der Waals surface area contributed by atoms with Crippen molar-refractivity contribution in [1.29, 1.82) is 0 Å². The molecule has 0 bridgehead atoms. The van der Waals surface area contributed by atoms with E-state index >= 15 is 0 Å². The summed E-state index contributed by atoms with van der Waals surface area (Å²) in [6.45, 7) is 4.14. The lowest BCUT2D eigenvalue weighted by Crippen LogP contribution is -2.30. The number of hydrogen-bond acceptors (Lipinski definition) is 3. The Labute approximate surface area is 73.3 Å². The van der Waals surface area contributed by atoms with Crippen LogP contribution in [0.2, 0.25) is 0 Å². The first-order valence-electron chi connectivity index (χ1n) is 4.33. The SMILES string of the molecule is CC(=O)NCCNCCCCO. The molecule has 0 aromatic carbocycles. The zero-order valence-electron chi connectivity index (χ0n) is 7.60. The van der Waals surface area contributed by atoms with Gasteiger partial charge in [0.15, 0.2) is 0 Å². The molecule has 0 spiro atoms. The third kappa shape index (κ3) is 9.39. The fraction of sp³-hybridized carbons (Fsp3) is 0.875. The maximum absolute atomic E-state index is 10.4. The summed E-state index contributed by atoms with van der Waals surface area (Å²) in [7, 11) is 0. The number of amides is 1. The normalized spacial score (nSPS) is 9.83. The minimum atomic E-state index is 0.00663. The second-order valence-corrected chi connectivity index (χ2v) is 2.66. The lowest BCUT2D eigenvalue weighted by molar-refractivity contribution is -0.118. The van der Waals surface area contributed by atoms with Crippen molar-refractivity contribution >= 4 is 5.91 Å². The second-order valence-electron chi connectivity index (χ2n) is 2.66. The Morgan fingerprint density at radius 2 is 2.00 bits per heavy atom. The van der Waals surface area contributed by atoms with Gasteiger partial charge >= 0.3 is 0 Å². The first-order valence-corrected chi connectivity index (χ1v) is 4.33. The Kier molecular flexibility index (Phi) is 8.05. The molecule has 0 saturated heterocycles. The van der Waals surface area contributed by atoms with Crippen molar-refractivity contribution in [1.82, 2.24) is 10.6 Å². The number of hydrogen-bond donors (Lipinski definition) is 3. The summed E-state index contributed by atoms with van der Waals surface area (Å²) in [6, 6.07) is 0. The summed E-state index contributed by atoms with van der Waals surface area (Å²) in [6.07, 6.45) is 1.82. The van der Waals surface area contributed by atoms with Crippen LogP contribution in [0, 0.1) is 0 Å². The Morgan fingerprint density at radius 1 is 1.25 bits per heavy atom. The Hall–Kier alpha value is -0.610. The van der Waals surface area contributed by atoms with E-state index in [1.807, 2.05) is 0 Å². The van der Waals surface area contributed by atoms with Crippen LogP contribution in [-0.2, 0) is 4.79 Å². The van der Waals surface area contributed by atoms with Crippen LogP contribution in [0.4, 0.5) is 0 Å². The van der Waals surface area contributed by atoms with Gasteiger partial charge in [-0.25, -0.2) is 0 Å². The van der Waals surface area contributed by atoms with Gasteiger partial charge in [-0.1, -0.05) is 0 Å². The molecular formula is C8H18N2O2. The molecule has 0 aromatic rings. The van der Waals surface area contributed by atoms with Crippen molar-refractivity contribution in [3.63, 3.8) is 0 Å². The van der Waals surface area contributed by atoms with Crippen LogP contribution >= 0.6 is 0 Å². The monoisotopic (exact) mass is 174 g/mol. The van der Waals surface area contributed by atoms with E-state index in [2.05, 4.69) is 10.6 Å². The van der Waals surface area contributed by atoms with Gasteiger partial charge in [0.2, 0.25) is 5.91 Å². The Balaban J connectivity index is 2.86. The number of aliphatic hydroxyl groups excluding tert-OH is 1. The molecule has 0 aromatic heterocycles. The third-order valence-electron chi connectivity index (χ3n) is 1.44. The van der Waals surface area contributed by atoms with Crippen LogP contribution in [-0.4, -0.2) is 37.3 Å². The average molecular weight is 174 g/mol. The van der Waals surface area contributed by atoms with Gasteiger partial charge in [-0.05, 0) is 19.4 Å². The quantitative estimate of drug-likeness (QED) is 0.455. The Morgan fingerprint density at radius 3 is 2.58 bits per heavy atom. The van der Waals surface area contributed by atoms with E-state index in [9.17, 15) is 4.79 Å². The van der Waals surface area contributed by atoms with Crippen molar-refractivity contribution in [2.75, 3.05) is 26.2 Å². The Bertz CT molecular complexity index is 118. The first kappa shape index (κ1) is 11.4. The van der Waals surface area contributed by atoms with Crippen molar-refractivity contribution in [2.24, 2.45) is 0 Å². The zero-order chi connectivity index (χ0) is 9.23. The second kappa shape index (κ2) is 8.49. The predicted octanol–water partition coefficient (Wildman–Crippen LogP) is -0.515. The molecule has 1 amide bonds. The van der Waals surface area contributed by atoms with E-state index in [4.69, 9.17) is 5.11 Å². The fourth-order valence-corrected chi connectivity index (χ4v) is 0.814. The lowest BCUT2D eigenvalue weighted by Gasteiger charge is -2.03. The number of aliphatic hydroxyl groups is 1. The molecular weight excluding hydrogens is 156 g/mol. The summed E-state index contributed by atoms with van der Waals surface area (Å²) in [4.78, 5) is 10.4. The first-order chi connectivity index (χ1) is 5.77. The topological polar surface area (TPSA) is 61.4 Å². The molecule has 0 radical (unpaired) electrons. The number of carbonyl (C=O) groups excluding carboxylic acids is 1. The molecule has 0 heterocycles. The van der Waals surface area contributed by atoms with Crippen LogP contribution in [0.25, 0.3) is 0 Å². The van der Waals surface area contributed by atoms with E-state index in [0.29, 0.717) is 6.54 Å². The lowest BCUT2D eigenvalue weighted by atomic mass is 10.3. The van der Waals surface area contributed by atoms with Gasteiger partial charge in [0, 0.05) is 26.6 Å². The van der Waals surface area contributed by atoms with Crippen molar-refractivity contribution in [2.45, 2.75) is 19.8 Å². The van der Waals surface area contributed by atoms with Crippen molar-refractivity contribution in [3.8, 4) is 0 Å². The fourth-order valence-electron chi connectivity index (χ4n) is 0.814. The molecule has 72 valence electrons. The maximum Gasteiger partial charge on any atom is 0.216 e. The smallest absolute Gasteiger partial charge is 0.216 e. The molecule has 0 unspecified atom stereocenters. The van der Waals surface area contributed by atoms with Crippen LogP contribution in [0.5, 0.6) is 0 Å². The minimum Gasteiger partial charge on any atom is -0.396 e. The number of unbranched alkanes of at least 4 members (excludes halogenated alkanes) is 1. The van der Waals surface area contributed by atoms with E-state index in [1.165, 1.54) is 6.92 Å². The highest BCUT2D eigenvalue weighted by Gasteiger charge is 1.89. The molecule has 0 saturated carbocycles. The van der Waals surface area contributed by atoms with Gasteiger partial charge in [-0.3, -0.25) is 4.79 Å². The molecule has 0 fully saturated rings. The van der Waals surface area contributed by atoms with Crippen LogP contribution in [0.1, 0.15) is 19.8 Å². The van der Waals surface area contributed by atoms with E-state index < -0.39 is 0 Å². The van der Waals surface area contributed by atoms with Crippen molar-refractivity contribution < 1.29 is 9.90 Å². The van der Waals surface area contributed by atoms with Crippen LogP contribution in [0.15, 0.2) is 0 Å². The summed E-state index contributed by atoms with van der Waals surface area (Å²) >= 11 is 0. The average Bonchev–Trinajstić information content (AvgIpc) is 2.02. The van der Waals surface area contributed by atoms with E-state index in [1.54, 1.807) is 0 Å². The van der Waals surface area contributed by atoms with Crippen molar-refractivity contribution in [3.05, 3.63) is 0 Å². The third-order valence-corrected chi connectivity index (χ3v) is 1.44. The van der Waals surface area contributed by atoms with E-state index in [-0.39, 0.29) is 12.5 Å². The standard InChI is InChI=1S/C8H18N2O2/c1-8(12)10-6-5-9-4-2-3-7-11/h9,11H,2-7H2,1H3,(H,10,12). The summed E-state index contributed by atoms with van der Waals surface area (Å²) < 4.78 is 0. The molecule has 0 aliphatic heterocycles. The van der Waals surface area contributed by atoms with Gasteiger partial charge in [0.1, 0.15) is 0 Å². The van der Waals surface area contributed by atoms with Gasteiger partial charge in [0.25, 0.3) is 0 Å². The van der Waals surface area contributed by atoms with Crippen LogP contribution < -0.4 is 10.6 Å². The number of nitrogens with one attached hydrogen (secondary N) is 2. The summed E-state index contributed by atoms with van der Waals surface area (Å²) in [5.74, 6) is 0.00663. The van der Waals surface area contributed by atoms with E-state index in [0.717, 1.165) is 25.9 Å². The highest BCUT2D eigenvalue weighted by molar-refractivity contribution is 5.72. The number of rotatable bonds is 7. The molecule has 3 N–H and O–H groups in total. The number of carbonyl (C=O) groups is 1. The highest BCUT2D eigenvalue weighted by atomic mass is 16.2.